The lowest BCUT2D eigenvalue weighted by atomic mass is 10.0. The fourth-order valence-electron chi connectivity index (χ4n) is 6.26. The smallest absolute Gasteiger partial charge is 0.227 e. The second kappa shape index (κ2) is 10.4. The monoisotopic (exact) mass is 612 g/mol. The lowest BCUT2D eigenvalue weighted by Gasteiger charge is -2.21. The largest absolute Gasteiger partial charge is 0.436 e. The van der Waals surface area contributed by atoms with Gasteiger partial charge in [-0.25, -0.2) is 9.97 Å². The zero-order chi connectivity index (χ0) is 30.7. The minimum absolute atomic E-state index is 0.530. The SMILES string of the molecule is O=P(c1ccc(-c2nc3ccccc3o2)cc1)(c1ccc(-c2nc3ccccc3o2)cc1)c1ccc2c(ccc3ccccc32)c1. The van der Waals surface area contributed by atoms with Gasteiger partial charge in [0.25, 0.3) is 0 Å². The van der Waals surface area contributed by atoms with E-state index >= 15 is 4.57 Å². The Balaban J connectivity index is 1.18. The predicted molar refractivity (Wildman–Crippen MR) is 187 cm³/mol. The Bertz CT molecular complexity index is 2430. The van der Waals surface area contributed by atoms with Crippen LogP contribution in [-0.4, -0.2) is 9.97 Å². The molecule has 9 rings (SSSR count). The summed E-state index contributed by atoms with van der Waals surface area (Å²) in [7, 11) is -3.32. The molecule has 9 aromatic rings. The molecule has 0 radical (unpaired) electrons. The highest BCUT2D eigenvalue weighted by atomic mass is 31.2. The van der Waals surface area contributed by atoms with E-state index in [-0.39, 0.29) is 0 Å². The van der Waals surface area contributed by atoms with Crippen molar-refractivity contribution in [2.24, 2.45) is 0 Å². The first-order valence-corrected chi connectivity index (χ1v) is 16.8. The quantitative estimate of drug-likeness (QED) is 0.143. The fraction of sp³-hybridized carbons (Fsp3) is 0. The molecule has 0 aliphatic carbocycles. The van der Waals surface area contributed by atoms with Gasteiger partial charge in [-0.15, -0.1) is 0 Å². The van der Waals surface area contributed by atoms with Crippen LogP contribution in [0.1, 0.15) is 0 Å². The number of benzene rings is 7. The number of nitrogens with zero attached hydrogens (tertiary/aromatic N) is 2. The first-order chi connectivity index (χ1) is 22.6. The lowest BCUT2D eigenvalue weighted by molar-refractivity contribution is 0.592. The van der Waals surface area contributed by atoms with Crippen molar-refractivity contribution in [1.29, 1.82) is 0 Å². The molecule has 0 amide bonds. The summed E-state index contributed by atoms with van der Waals surface area (Å²) in [6.45, 7) is 0. The van der Waals surface area contributed by atoms with Gasteiger partial charge in [0.1, 0.15) is 11.0 Å². The maximum Gasteiger partial charge on any atom is 0.227 e. The minimum atomic E-state index is -3.32. The van der Waals surface area contributed by atoms with E-state index < -0.39 is 7.14 Å². The van der Waals surface area contributed by atoms with Gasteiger partial charge in [-0.1, -0.05) is 97.1 Å². The molecule has 0 atom stereocenters. The molecule has 218 valence electrons. The van der Waals surface area contributed by atoms with Gasteiger partial charge in [-0.3, -0.25) is 0 Å². The first kappa shape index (κ1) is 26.6. The van der Waals surface area contributed by atoms with Crippen LogP contribution in [0.15, 0.2) is 160 Å². The summed E-state index contributed by atoms with van der Waals surface area (Å²) < 4.78 is 27.7. The zero-order valence-corrected chi connectivity index (χ0v) is 25.4. The van der Waals surface area contributed by atoms with E-state index in [0.29, 0.717) is 11.8 Å². The number of oxazole rings is 2. The van der Waals surface area contributed by atoms with Gasteiger partial charge in [0.15, 0.2) is 18.3 Å². The van der Waals surface area contributed by atoms with Crippen molar-refractivity contribution in [2.75, 3.05) is 0 Å². The van der Waals surface area contributed by atoms with Gasteiger partial charge in [0.05, 0.1) is 0 Å². The maximum atomic E-state index is 15.6. The molecular weight excluding hydrogens is 587 g/mol. The second-order valence-electron chi connectivity index (χ2n) is 11.4. The average Bonchev–Trinajstić information content (AvgIpc) is 3.76. The van der Waals surface area contributed by atoms with Gasteiger partial charge in [0.2, 0.25) is 11.8 Å². The molecule has 5 nitrogen and oxygen atoms in total. The number of para-hydroxylation sites is 4. The van der Waals surface area contributed by atoms with Crippen LogP contribution in [0.5, 0.6) is 0 Å². The minimum Gasteiger partial charge on any atom is -0.436 e. The maximum absolute atomic E-state index is 15.6. The van der Waals surface area contributed by atoms with E-state index in [1.54, 1.807) is 0 Å². The second-order valence-corrected chi connectivity index (χ2v) is 14.1. The molecule has 0 aliphatic rings. The fourth-order valence-corrected chi connectivity index (χ4v) is 8.90. The molecule has 46 heavy (non-hydrogen) atoms. The van der Waals surface area contributed by atoms with E-state index in [9.17, 15) is 0 Å². The number of hydrogen-bond donors (Lipinski definition) is 0. The van der Waals surface area contributed by atoms with E-state index in [1.807, 2.05) is 109 Å². The standard InChI is InChI=1S/C40H25N2O3P/c43-46(32-23-24-34-29(25-32)14-13-26-7-1-2-8-33(26)34,30-19-15-27(16-20-30)39-41-35-9-3-5-11-37(35)44-39)31-21-17-28(18-22-31)40-42-36-10-4-6-12-38(36)45-40/h1-25H. The van der Waals surface area contributed by atoms with E-state index in [2.05, 4.69) is 52.4 Å². The van der Waals surface area contributed by atoms with Crippen LogP contribution in [0.2, 0.25) is 0 Å². The Labute approximate surface area is 264 Å². The van der Waals surface area contributed by atoms with Crippen LogP contribution in [0, 0.1) is 0 Å². The van der Waals surface area contributed by atoms with Crippen LogP contribution < -0.4 is 15.9 Å². The number of rotatable bonds is 5. The molecule has 2 heterocycles. The summed E-state index contributed by atoms with van der Waals surface area (Å²) in [5.41, 5.74) is 4.71. The Kier molecular flexibility index (Phi) is 6.02. The molecule has 0 N–H and O–H groups in total. The molecule has 0 saturated heterocycles. The highest BCUT2D eigenvalue weighted by Gasteiger charge is 2.30. The van der Waals surface area contributed by atoms with Crippen molar-refractivity contribution >= 4 is 66.8 Å². The molecular formula is C40H25N2O3P. The zero-order valence-electron chi connectivity index (χ0n) is 24.5. The third kappa shape index (κ3) is 4.28. The van der Waals surface area contributed by atoms with Crippen molar-refractivity contribution in [3.63, 3.8) is 0 Å². The Morgan fingerprint density at radius 1 is 0.435 bits per heavy atom. The van der Waals surface area contributed by atoms with Crippen LogP contribution >= 0.6 is 7.14 Å². The molecule has 7 aromatic carbocycles. The summed E-state index contributed by atoms with van der Waals surface area (Å²) in [6.07, 6.45) is 0. The number of hydrogen-bond acceptors (Lipinski definition) is 5. The number of fused-ring (bicyclic) bond motifs is 5. The van der Waals surface area contributed by atoms with Crippen molar-refractivity contribution in [3.8, 4) is 22.9 Å². The Hall–Kier alpha value is -5.77. The molecule has 0 spiro atoms. The molecule has 0 saturated carbocycles. The predicted octanol–water partition coefficient (Wildman–Crippen LogP) is 9.25. The summed E-state index contributed by atoms with van der Waals surface area (Å²) in [5, 5.41) is 6.74. The molecule has 6 heteroatoms. The van der Waals surface area contributed by atoms with Gasteiger partial charge >= 0.3 is 0 Å². The van der Waals surface area contributed by atoms with E-state index in [0.717, 1.165) is 60.0 Å². The lowest BCUT2D eigenvalue weighted by Crippen LogP contribution is -2.25. The first-order valence-electron chi connectivity index (χ1n) is 15.1. The van der Waals surface area contributed by atoms with Crippen molar-refractivity contribution in [2.45, 2.75) is 0 Å². The number of aromatic nitrogens is 2. The average molecular weight is 613 g/mol. The van der Waals surface area contributed by atoms with Crippen molar-refractivity contribution in [1.82, 2.24) is 9.97 Å². The van der Waals surface area contributed by atoms with Crippen molar-refractivity contribution in [3.05, 3.63) is 152 Å². The third-order valence-corrected chi connectivity index (χ3v) is 11.7. The van der Waals surface area contributed by atoms with Crippen LogP contribution in [0.4, 0.5) is 0 Å². The van der Waals surface area contributed by atoms with Crippen LogP contribution in [-0.2, 0) is 4.57 Å². The topological polar surface area (TPSA) is 69.1 Å². The summed E-state index contributed by atoms with van der Waals surface area (Å²) >= 11 is 0. The Morgan fingerprint density at radius 3 is 1.50 bits per heavy atom. The molecule has 0 unspecified atom stereocenters. The summed E-state index contributed by atoms with van der Waals surface area (Å²) in [5.74, 6) is 1.06. The van der Waals surface area contributed by atoms with Gasteiger partial charge in [-0.05, 0) is 76.1 Å². The molecule has 2 aromatic heterocycles. The van der Waals surface area contributed by atoms with Gasteiger partial charge < -0.3 is 13.4 Å². The van der Waals surface area contributed by atoms with Crippen molar-refractivity contribution < 1.29 is 13.4 Å². The molecule has 0 bridgehead atoms. The molecule has 0 fully saturated rings. The summed E-state index contributed by atoms with van der Waals surface area (Å²) in [6, 6.07) is 49.7. The highest BCUT2D eigenvalue weighted by molar-refractivity contribution is 7.85. The normalized spacial score (nSPS) is 12.0. The van der Waals surface area contributed by atoms with Crippen LogP contribution in [0.25, 0.3) is 66.7 Å². The van der Waals surface area contributed by atoms with Gasteiger partial charge in [-0.2, -0.15) is 0 Å². The summed E-state index contributed by atoms with van der Waals surface area (Å²) in [4.78, 5) is 9.31. The van der Waals surface area contributed by atoms with Crippen LogP contribution in [0.3, 0.4) is 0 Å². The van der Waals surface area contributed by atoms with E-state index in [4.69, 9.17) is 8.83 Å². The highest BCUT2D eigenvalue weighted by Crippen LogP contribution is 2.44. The van der Waals surface area contributed by atoms with E-state index in [1.165, 1.54) is 10.8 Å². The van der Waals surface area contributed by atoms with Gasteiger partial charge in [0, 0.05) is 27.0 Å². The Morgan fingerprint density at radius 2 is 0.913 bits per heavy atom. The third-order valence-electron chi connectivity index (χ3n) is 8.64. The molecule has 0 aliphatic heterocycles.